The van der Waals surface area contributed by atoms with Gasteiger partial charge in [0.05, 0.1) is 11.5 Å². The smallest absolute Gasteiger partial charge is 0.234 e. The van der Waals surface area contributed by atoms with E-state index in [1.807, 2.05) is 12.1 Å². The third-order valence-electron chi connectivity index (χ3n) is 4.41. The van der Waals surface area contributed by atoms with Crippen LogP contribution in [0.3, 0.4) is 0 Å². The Bertz CT molecular complexity index is 778. The second-order valence-corrected chi connectivity index (χ2v) is 7.59. The highest BCUT2D eigenvalue weighted by atomic mass is 32.2. The predicted octanol–water partition coefficient (Wildman–Crippen LogP) is 3.66. The van der Waals surface area contributed by atoms with E-state index in [4.69, 9.17) is 0 Å². The van der Waals surface area contributed by atoms with Crippen LogP contribution in [-0.4, -0.2) is 41.3 Å². The first-order valence-corrected chi connectivity index (χ1v) is 10.9. The van der Waals surface area contributed by atoms with Gasteiger partial charge < -0.3 is 10.6 Å². The standard InChI is InChI=1S/C22H28FN3O2S/c1-3-26(4-2)14-18-7-5-17(6-8-18)13-24-21(27)15-29-16-22(28)25-20-11-9-19(23)10-12-20/h5-12H,3-4,13-16H2,1-2H3,(H,24,27)(H,25,28). The molecular formula is C22H28FN3O2S. The van der Waals surface area contributed by atoms with Crippen LogP contribution in [0.5, 0.6) is 0 Å². The molecule has 156 valence electrons. The van der Waals surface area contributed by atoms with Crippen molar-refractivity contribution in [3.63, 3.8) is 0 Å². The number of nitrogens with zero attached hydrogens (tertiary/aromatic N) is 1. The van der Waals surface area contributed by atoms with Gasteiger partial charge in [-0.25, -0.2) is 4.39 Å². The van der Waals surface area contributed by atoms with Crippen molar-refractivity contribution in [2.75, 3.05) is 29.9 Å². The van der Waals surface area contributed by atoms with Crippen molar-refractivity contribution in [1.29, 1.82) is 0 Å². The SMILES string of the molecule is CCN(CC)Cc1ccc(CNC(=O)CSCC(=O)Nc2ccc(F)cc2)cc1. The molecule has 5 nitrogen and oxygen atoms in total. The molecule has 0 aliphatic carbocycles. The molecule has 7 heteroatoms. The summed E-state index contributed by atoms with van der Waals surface area (Å²) < 4.78 is 12.8. The molecule has 0 aliphatic heterocycles. The predicted molar refractivity (Wildman–Crippen MR) is 117 cm³/mol. The molecule has 29 heavy (non-hydrogen) atoms. The van der Waals surface area contributed by atoms with Gasteiger partial charge in [-0.3, -0.25) is 14.5 Å². The van der Waals surface area contributed by atoms with Crippen molar-refractivity contribution in [1.82, 2.24) is 10.2 Å². The normalized spacial score (nSPS) is 10.8. The van der Waals surface area contributed by atoms with E-state index in [0.29, 0.717) is 12.2 Å². The molecule has 0 atom stereocenters. The number of halogens is 1. The Morgan fingerprint density at radius 2 is 1.48 bits per heavy atom. The molecule has 0 unspecified atom stereocenters. The van der Waals surface area contributed by atoms with E-state index >= 15 is 0 Å². The van der Waals surface area contributed by atoms with Crippen LogP contribution in [0.2, 0.25) is 0 Å². The monoisotopic (exact) mass is 417 g/mol. The molecule has 2 N–H and O–H groups in total. The molecular weight excluding hydrogens is 389 g/mol. The first-order valence-electron chi connectivity index (χ1n) is 9.70. The Morgan fingerprint density at radius 1 is 0.897 bits per heavy atom. The van der Waals surface area contributed by atoms with Crippen LogP contribution in [-0.2, 0) is 22.7 Å². The lowest BCUT2D eigenvalue weighted by molar-refractivity contribution is -0.118. The lowest BCUT2D eigenvalue weighted by Crippen LogP contribution is -2.25. The topological polar surface area (TPSA) is 61.4 Å². The molecule has 0 fully saturated rings. The zero-order valence-corrected chi connectivity index (χ0v) is 17.7. The molecule has 0 radical (unpaired) electrons. The average Bonchev–Trinajstić information content (AvgIpc) is 2.73. The number of hydrogen-bond acceptors (Lipinski definition) is 4. The highest BCUT2D eigenvalue weighted by Gasteiger charge is 2.07. The number of rotatable bonds is 11. The Balaban J connectivity index is 1.65. The molecule has 0 saturated heterocycles. The van der Waals surface area contributed by atoms with E-state index < -0.39 is 0 Å². The number of amides is 2. The van der Waals surface area contributed by atoms with E-state index in [2.05, 4.69) is 41.5 Å². The van der Waals surface area contributed by atoms with Gasteiger partial charge in [-0.15, -0.1) is 11.8 Å². The Labute approximate surface area is 176 Å². The summed E-state index contributed by atoms with van der Waals surface area (Å²) in [5.74, 6) is -0.329. The van der Waals surface area contributed by atoms with Gasteiger partial charge in [-0.1, -0.05) is 38.1 Å². The molecule has 0 bridgehead atoms. The summed E-state index contributed by atoms with van der Waals surface area (Å²) in [5.41, 5.74) is 2.83. The molecule has 2 rings (SSSR count). The number of benzene rings is 2. The zero-order chi connectivity index (χ0) is 21.1. The first kappa shape index (κ1) is 22.9. The fourth-order valence-corrected chi connectivity index (χ4v) is 3.33. The van der Waals surface area contributed by atoms with E-state index in [0.717, 1.165) is 25.2 Å². The molecule has 0 aliphatic rings. The van der Waals surface area contributed by atoms with Gasteiger partial charge in [0.1, 0.15) is 5.82 Å². The third kappa shape index (κ3) is 8.66. The second kappa shape index (κ2) is 12.2. The molecule has 0 spiro atoms. The van der Waals surface area contributed by atoms with Gasteiger partial charge in [-0.05, 0) is 48.5 Å². The number of thioether (sulfide) groups is 1. The van der Waals surface area contributed by atoms with E-state index in [-0.39, 0.29) is 29.1 Å². The summed E-state index contributed by atoms with van der Waals surface area (Å²) in [7, 11) is 0. The van der Waals surface area contributed by atoms with Crippen molar-refractivity contribution in [3.8, 4) is 0 Å². The first-order chi connectivity index (χ1) is 14.0. The van der Waals surface area contributed by atoms with Crippen molar-refractivity contribution in [3.05, 3.63) is 65.5 Å². The average molecular weight is 418 g/mol. The lowest BCUT2D eigenvalue weighted by Gasteiger charge is -2.18. The minimum absolute atomic E-state index is 0.114. The maximum absolute atomic E-state index is 12.8. The lowest BCUT2D eigenvalue weighted by atomic mass is 10.1. The Hall–Kier alpha value is -2.38. The summed E-state index contributed by atoms with van der Waals surface area (Å²) in [6.45, 7) is 7.74. The minimum atomic E-state index is -0.354. The largest absolute Gasteiger partial charge is 0.351 e. The molecule has 2 aromatic carbocycles. The van der Waals surface area contributed by atoms with Crippen LogP contribution in [0.1, 0.15) is 25.0 Å². The second-order valence-electron chi connectivity index (χ2n) is 6.60. The van der Waals surface area contributed by atoms with Crippen molar-refractivity contribution in [2.45, 2.75) is 26.9 Å². The van der Waals surface area contributed by atoms with Crippen LogP contribution in [0.25, 0.3) is 0 Å². The fraction of sp³-hybridized carbons (Fsp3) is 0.364. The summed E-state index contributed by atoms with van der Waals surface area (Å²) in [5, 5.41) is 5.53. The number of carbonyl (C=O) groups excluding carboxylic acids is 2. The zero-order valence-electron chi connectivity index (χ0n) is 16.9. The van der Waals surface area contributed by atoms with Crippen molar-refractivity contribution >= 4 is 29.3 Å². The maximum atomic E-state index is 12.8. The number of carbonyl (C=O) groups is 2. The van der Waals surface area contributed by atoms with Gasteiger partial charge in [0, 0.05) is 18.8 Å². The van der Waals surface area contributed by atoms with Crippen LogP contribution < -0.4 is 10.6 Å². The number of hydrogen-bond donors (Lipinski definition) is 2. The van der Waals surface area contributed by atoms with Crippen LogP contribution in [0.15, 0.2) is 48.5 Å². The van der Waals surface area contributed by atoms with Gasteiger partial charge in [0.2, 0.25) is 11.8 Å². The molecule has 0 saturated carbocycles. The Kier molecular flexibility index (Phi) is 9.67. The molecule has 0 aromatic heterocycles. The number of anilines is 1. The molecule has 2 aromatic rings. The number of nitrogens with one attached hydrogen (secondary N) is 2. The van der Waals surface area contributed by atoms with Gasteiger partial charge >= 0.3 is 0 Å². The van der Waals surface area contributed by atoms with Crippen LogP contribution in [0, 0.1) is 5.82 Å². The third-order valence-corrected chi connectivity index (χ3v) is 5.34. The van der Waals surface area contributed by atoms with E-state index in [9.17, 15) is 14.0 Å². The molecule has 0 heterocycles. The van der Waals surface area contributed by atoms with Gasteiger partial charge in [-0.2, -0.15) is 0 Å². The van der Waals surface area contributed by atoms with Crippen molar-refractivity contribution < 1.29 is 14.0 Å². The summed E-state index contributed by atoms with van der Waals surface area (Å²) >= 11 is 1.24. The minimum Gasteiger partial charge on any atom is -0.351 e. The quantitative estimate of drug-likeness (QED) is 0.586. The van der Waals surface area contributed by atoms with Crippen LogP contribution >= 0.6 is 11.8 Å². The van der Waals surface area contributed by atoms with E-state index in [1.54, 1.807) is 0 Å². The highest BCUT2D eigenvalue weighted by molar-refractivity contribution is 8.00. The summed E-state index contributed by atoms with van der Waals surface area (Å²) in [6.07, 6.45) is 0. The molecule has 2 amide bonds. The summed E-state index contributed by atoms with van der Waals surface area (Å²) in [4.78, 5) is 26.2. The van der Waals surface area contributed by atoms with Crippen molar-refractivity contribution in [2.24, 2.45) is 0 Å². The Morgan fingerprint density at radius 3 is 2.10 bits per heavy atom. The van der Waals surface area contributed by atoms with Crippen LogP contribution in [0.4, 0.5) is 10.1 Å². The van der Waals surface area contributed by atoms with Gasteiger partial charge in [0.25, 0.3) is 0 Å². The maximum Gasteiger partial charge on any atom is 0.234 e. The fourth-order valence-electron chi connectivity index (χ4n) is 2.69. The van der Waals surface area contributed by atoms with E-state index in [1.165, 1.54) is 41.6 Å². The highest BCUT2D eigenvalue weighted by Crippen LogP contribution is 2.10. The summed E-state index contributed by atoms with van der Waals surface area (Å²) in [6, 6.07) is 13.8. The van der Waals surface area contributed by atoms with Gasteiger partial charge in [0.15, 0.2) is 0 Å².